The normalized spacial score (nSPS) is 39.7. The van der Waals surface area contributed by atoms with Crippen LogP contribution in [0.3, 0.4) is 0 Å². The van der Waals surface area contributed by atoms with E-state index in [0.717, 1.165) is 12.8 Å². The minimum absolute atomic E-state index is 0.121. The summed E-state index contributed by atoms with van der Waals surface area (Å²) >= 11 is 0. The molecule has 3 unspecified atom stereocenters. The second-order valence-corrected chi connectivity index (χ2v) is 4.51. The number of piperidine rings is 1. The van der Waals surface area contributed by atoms with Crippen LogP contribution >= 0.6 is 0 Å². The molecule has 0 radical (unpaired) electrons. The molecule has 4 atom stereocenters. The first-order valence-corrected chi connectivity index (χ1v) is 5.45. The molecule has 0 aromatic carbocycles. The van der Waals surface area contributed by atoms with Crippen LogP contribution < -0.4 is 0 Å². The molecule has 14 heavy (non-hydrogen) atoms. The Bertz CT molecular complexity index is 205. The molecular weight excluding hydrogens is 178 g/mol. The Hall–Kier alpha value is -0.380. The van der Waals surface area contributed by atoms with Gasteiger partial charge < -0.3 is 10.2 Å². The van der Waals surface area contributed by atoms with Gasteiger partial charge in [0.1, 0.15) is 0 Å². The van der Waals surface area contributed by atoms with Gasteiger partial charge in [0, 0.05) is 18.6 Å². The summed E-state index contributed by atoms with van der Waals surface area (Å²) in [5, 5.41) is 19.1. The third-order valence-electron chi connectivity index (χ3n) is 3.53. The van der Waals surface area contributed by atoms with E-state index in [1.165, 1.54) is 12.8 Å². The van der Waals surface area contributed by atoms with Crippen LogP contribution in [0.4, 0.5) is 0 Å². The molecule has 2 aliphatic rings. The largest absolute Gasteiger partial charge is 0.393 e. The van der Waals surface area contributed by atoms with E-state index in [2.05, 4.69) is 11.5 Å². The van der Waals surface area contributed by atoms with Crippen molar-refractivity contribution in [3.05, 3.63) is 12.7 Å². The zero-order valence-corrected chi connectivity index (χ0v) is 8.47. The van der Waals surface area contributed by atoms with Crippen LogP contribution in [0, 0.1) is 0 Å². The number of aliphatic hydroxyl groups excluding tert-OH is 2. The highest BCUT2D eigenvalue weighted by Crippen LogP contribution is 2.35. The van der Waals surface area contributed by atoms with E-state index in [-0.39, 0.29) is 6.10 Å². The Balaban J connectivity index is 1.97. The summed E-state index contributed by atoms with van der Waals surface area (Å²) in [7, 11) is 0. The van der Waals surface area contributed by atoms with E-state index < -0.39 is 6.10 Å². The van der Waals surface area contributed by atoms with E-state index in [0.29, 0.717) is 18.6 Å². The molecular formula is C11H19NO2. The van der Waals surface area contributed by atoms with Crippen molar-refractivity contribution in [2.45, 2.75) is 50.0 Å². The second-order valence-electron chi connectivity index (χ2n) is 4.51. The van der Waals surface area contributed by atoms with Gasteiger partial charge in [-0.2, -0.15) is 0 Å². The lowest BCUT2D eigenvalue weighted by atomic mass is 9.99. The lowest BCUT2D eigenvalue weighted by Crippen LogP contribution is -2.47. The molecule has 0 saturated carbocycles. The average molecular weight is 197 g/mol. The topological polar surface area (TPSA) is 43.7 Å². The van der Waals surface area contributed by atoms with E-state index in [4.69, 9.17) is 0 Å². The number of hydrogen-bond acceptors (Lipinski definition) is 3. The zero-order chi connectivity index (χ0) is 10.1. The molecule has 0 amide bonds. The fourth-order valence-electron chi connectivity index (χ4n) is 2.83. The zero-order valence-electron chi connectivity index (χ0n) is 8.47. The summed E-state index contributed by atoms with van der Waals surface area (Å²) < 4.78 is 0. The third kappa shape index (κ3) is 1.85. The average Bonchev–Trinajstić information content (AvgIpc) is 2.41. The highest BCUT2D eigenvalue weighted by Gasteiger charge is 2.40. The summed E-state index contributed by atoms with van der Waals surface area (Å²) in [6.07, 6.45) is 5.14. The van der Waals surface area contributed by atoms with Gasteiger partial charge in [-0.15, -0.1) is 6.58 Å². The highest BCUT2D eigenvalue weighted by molar-refractivity contribution is 4.97. The monoisotopic (exact) mass is 197 g/mol. The quantitative estimate of drug-likeness (QED) is 0.648. The Labute approximate surface area is 85.0 Å². The van der Waals surface area contributed by atoms with E-state index in [9.17, 15) is 10.2 Å². The lowest BCUT2D eigenvalue weighted by Gasteiger charge is -2.37. The van der Waals surface area contributed by atoms with Gasteiger partial charge in [-0.1, -0.05) is 6.08 Å². The van der Waals surface area contributed by atoms with Crippen LogP contribution in [0.1, 0.15) is 25.7 Å². The molecule has 80 valence electrons. The summed E-state index contributed by atoms with van der Waals surface area (Å²) in [4.78, 5) is 2.35. The first-order chi connectivity index (χ1) is 6.70. The molecule has 2 aliphatic heterocycles. The van der Waals surface area contributed by atoms with Crippen molar-refractivity contribution in [1.29, 1.82) is 0 Å². The van der Waals surface area contributed by atoms with Crippen LogP contribution in [0.15, 0.2) is 12.7 Å². The second kappa shape index (κ2) is 4.01. The van der Waals surface area contributed by atoms with Crippen molar-refractivity contribution in [1.82, 2.24) is 4.90 Å². The standard InChI is InChI=1S/C11H19NO2/c1-2-10(13)7-12-8-3-4-9(12)6-11(14)5-8/h2,8-11,13-14H,1,3-7H2/t8-,9?,10?,11?/m1/s1. The van der Waals surface area contributed by atoms with Gasteiger partial charge in [0.25, 0.3) is 0 Å². The predicted octanol–water partition coefficient (Wildman–Crippen LogP) is 0.521. The van der Waals surface area contributed by atoms with Crippen LogP contribution in [0.2, 0.25) is 0 Å². The summed E-state index contributed by atoms with van der Waals surface area (Å²) in [6, 6.07) is 0.969. The van der Waals surface area contributed by atoms with Gasteiger partial charge in [0.2, 0.25) is 0 Å². The highest BCUT2D eigenvalue weighted by atomic mass is 16.3. The van der Waals surface area contributed by atoms with E-state index >= 15 is 0 Å². The van der Waals surface area contributed by atoms with Crippen LogP contribution in [-0.4, -0.2) is 45.9 Å². The van der Waals surface area contributed by atoms with Gasteiger partial charge >= 0.3 is 0 Å². The van der Waals surface area contributed by atoms with Crippen molar-refractivity contribution in [3.8, 4) is 0 Å². The molecule has 0 aromatic rings. The number of fused-ring (bicyclic) bond motifs is 2. The first-order valence-electron chi connectivity index (χ1n) is 5.45. The van der Waals surface area contributed by atoms with Gasteiger partial charge in [-0.25, -0.2) is 0 Å². The van der Waals surface area contributed by atoms with Gasteiger partial charge in [-0.3, -0.25) is 4.90 Å². The number of nitrogens with zero attached hydrogens (tertiary/aromatic N) is 1. The van der Waals surface area contributed by atoms with Gasteiger partial charge in [0.15, 0.2) is 0 Å². The molecule has 2 saturated heterocycles. The van der Waals surface area contributed by atoms with E-state index in [1.54, 1.807) is 6.08 Å². The smallest absolute Gasteiger partial charge is 0.0845 e. The first kappa shape index (κ1) is 10.1. The third-order valence-corrected chi connectivity index (χ3v) is 3.53. The Morgan fingerprint density at radius 1 is 1.36 bits per heavy atom. The molecule has 2 bridgehead atoms. The van der Waals surface area contributed by atoms with Crippen LogP contribution in [0.5, 0.6) is 0 Å². The SMILES string of the molecule is C=CC(O)CN1C2CC[C@@H]1CC(O)C2. The Kier molecular flexibility index (Phi) is 2.91. The Morgan fingerprint density at radius 2 is 1.93 bits per heavy atom. The van der Waals surface area contributed by atoms with Crippen molar-refractivity contribution < 1.29 is 10.2 Å². The maximum absolute atomic E-state index is 9.59. The van der Waals surface area contributed by atoms with Crippen molar-refractivity contribution in [2.24, 2.45) is 0 Å². The molecule has 3 heteroatoms. The molecule has 2 N–H and O–H groups in total. The van der Waals surface area contributed by atoms with Crippen LogP contribution in [0.25, 0.3) is 0 Å². The molecule has 2 fully saturated rings. The van der Waals surface area contributed by atoms with Crippen LogP contribution in [-0.2, 0) is 0 Å². The molecule has 0 aliphatic carbocycles. The predicted molar refractivity (Wildman–Crippen MR) is 55.0 cm³/mol. The molecule has 0 spiro atoms. The molecule has 3 nitrogen and oxygen atoms in total. The summed E-state index contributed by atoms with van der Waals surface area (Å²) in [5.74, 6) is 0. The Morgan fingerprint density at radius 3 is 2.43 bits per heavy atom. The maximum Gasteiger partial charge on any atom is 0.0845 e. The summed E-state index contributed by atoms with van der Waals surface area (Å²) in [6.45, 7) is 4.27. The number of hydrogen-bond donors (Lipinski definition) is 2. The fourth-order valence-corrected chi connectivity index (χ4v) is 2.83. The van der Waals surface area contributed by atoms with E-state index in [1.807, 2.05) is 0 Å². The van der Waals surface area contributed by atoms with Gasteiger partial charge in [-0.05, 0) is 25.7 Å². The molecule has 2 rings (SSSR count). The molecule has 2 heterocycles. The van der Waals surface area contributed by atoms with Crippen molar-refractivity contribution in [2.75, 3.05) is 6.54 Å². The minimum atomic E-state index is -0.423. The van der Waals surface area contributed by atoms with Crippen molar-refractivity contribution >= 4 is 0 Å². The lowest BCUT2D eigenvalue weighted by molar-refractivity contribution is 0.0170. The number of rotatable bonds is 3. The minimum Gasteiger partial charge on any atom is -0.393 e. The molecule has 0 aromatic heterocycles. The maximum atomic E-state index is 9.59. The van der Waals surface area contributed by atoms with Gasteiger partial charge in [0.05, 0.1) is 12.2 Å². The fraction of sp³-hybridized carbons (Fsp3) is 0.818. The van der Waals surface area contributed by atoms with Crippen molar-refractivity contribution in [3.63, 3.8) is 0 Å². The number of aliphatic hydroxyl groups is 2. The summed E-state index contributed by atoms with van der Waals surface area (Å²) in [5.41, 5.74) is 0.